The van der Waals surface area contributed by atoms with E-state index in [1.54, 1.807) is 19.1 Å². The van der Waals surface area contributed by atoms with Gasteiger partial charge in [-0.1, -0.05) is 29.4 Å². The highest BCUT2D eigenvalue weighted by molar-refractivity contribution is 8.00. The summed E-state index contributed by atoms with van der Waals surface area (Å²) in [7, 11) is 0. The van der Waals surface area contributed by atoms with Crippen molar-refractivity contribution in [3.63, 3.8) is 0 Å². The van der Waals surface area contributed by atoms with Crippen LogP contribution < -0.4 is 0 Å². The van der Waals surface area contributed by atoms with E-state index in [4.69, 9.17) is 16.7 Å². The fourth-order valence-corrected chi connectivity index (χ4v) is 3.91. The van der Waals surface area contributed by atoms with Crippen LogP contribution >= 0.6 is 34.7 Å². The van der Waals surface area contributed by atoms with Crippen LogP contribution in [0.2, 0.25) is 5.02 Å². The average molecular weight is 332 g/mol. The third kappa shape index (κ3) is 3.94. The van der Waals surface area contributed by atoms with Crippen molar-refractivity contribution in [3.05, 3.63) is 45.2 Å². The molecule has 0 unspecified atom stereocenters. The molecule has 2 rings (SSSR count). The Morgan fingerprint density at radius 2 is 2.30 bits per heavy atom. The zero-order valence-electron chi connectivity index (χ0n) is 10.5. The molecule has 0 saturated carbocycles. The van der Waals surface area contributed by atoms with Crippen molar-refractivity contribution < 1.29 is 14.3 Å². The Morgan fingerprint density at radius 1 is 1.55 bits per heavy atom. The molecule has 0 saturated heterocycles. The number of thioether (sulfide) groups is 1. The summed E-state index contributed by atoms with van der Waals surface area (Å²) in [5.74, 6) is -0.688. The minimum Gasteiger partial charge on any atom is -0.481 e. The summed E-state index contributed by atoms with van der Waals surface area (Å²) in [5.41, 5.74) is 1.64. The van der Waals surface area contributed by atoms with E-state index in [-0.39, 0.29) is 11.4 Å². The molecular formula is C13H11ClFNO2S2. The second-order valence-electron chi connectivity index (χ2n) is 4.10. The second-order valence-corrected chi connectivity index (χ2v) is 6.81. The quantitative estimate of drug-likeness (QED) is 0.836. The summed E-state index contributed by atoms with van der Waals surface area (Å²) < 4.78 is 13.8. The Labute approximate surface area is 128 Å². The van der Waals surface area contributed by atoms with Crippen molar-refractivity contribution in [2.75, 3.05) is 0 Å². The number of hydrogen-bond acceptors (Lipinski definition) is 4. The van der Waals surface area contributed by atoms with Crippen LogP contribution in [0, 0.1) is 12.7 Å². The van der Waals surface area contributed by atoms with Gasteiger partial charge in [0.15, 0.2) is 4.34 Å². The van der Waals surface area contributed by atoms with Gasteiger partial charge < -0.3 is 5.11 Å². The fraction of sp³-hybridized carbons (Fsp3) is 0.231. The lowest BCUT2D eigenvalue weighted by atomic mass is 10.2. The van der Waals surface area contributed by atoms with Gasteiger partial charge in [-0.25, -0.2) is 9.37 Å². The highest BCUT2D eigenvalue weighted by Gasteiger charge is 2.11. The topological polar surface area (TPSA) is 50.2 Å². The van der Waals surface area contributed by atoms with Crippen molar-refractivity contribution in [1.29, 1.82) is 0 Å². The molecule has 0 spiro atoms. The van der Waals surface area contributed by atoms with Crippen molar-refractivity contribution in [2.45, 2.75) is 23.4 Å². The predicted octanol–water partition coefficient (Wildman–Crippen LogP) is 4.16. The van der Waals surface area contributed by atoms with Crippen molar-refractivity contribution >= 4 is 40.7 Å². The van der Waals surface area contributed by atoms with Gasteiger partial charge in [0, 0.05) is 10.6 Å². The standard InChI is InChI=1S/C13H11ClFNO2S2/c1-7-11(5-12(17)18)20-13(16-7)19-6-8-2-3-10(15)9(14)4-8/h2-4H,5-6H2,1H3,(H,17,18). The van der Waals surface area contributed by atoms with Gasteiger partial charge in [-0.15, -0.1) is 11.3 Å². The maximum Gasteiger partial charge on any atom is 0.308 e. The number of carbonyl (C=O) groups is 1. The van der Waals surface area contributed by atoms with Crippen molar-refractivity contribution in [3.8, 4) is 0 Å². The fourth-order valence-electron chi connectivity index (χ4n) is 1.54. The first-order valence-electron chi connectivity index (χ1n) is 5.70. The molecule has 0 amide bonds. The van der Waals surface area contributed by atoms with Gasteiger partial charge in [0.1, 0.15) is 5.82 Å². The van der Waals surface area contributed by atoms with Gasteiger partial charge in [0.2, 0.25) is 0 Å². The first-order chi connectivity index (χ1) is 9.45. The molecule has 0 fully saturated rings. The Bertz CT molecular complexity index is 645. The number of rotatable bonds is 5. The smallest absolute Gasteiger partial charge is 0.308 e. The molecule has 2 aromatic rings. The lowest BCUT2D eigenvalue weighted by Gasteiger charge is -2.00. The lowest BCUT2D eigenvalue weighted by molar-refractivity contribution is -0.136. The molecule has 0 aliphatic carbocycles. The third-order valence-corrected chi connectivity index (χ3v) is 5.19. The van der Waals surface area contributed by atoms with Crippen LogP contribution in [-0.2, 0) is 17.0 Å². The summed E-state index contributed by atoms with van der Waals surface area (Å²) >= 11 is 8.58. The monoisotopic (exact) mass is 331 g/mol. The number of carboxylic acid groups (broad SMARTS) is 1. The normalized spacial score (nSPS) is 10.8. The summed E-state index contributed by atoms with van der Waals surface area (Å²) in [6.07, 6.45) is -0.00750. The average Bonchev–Trinajstić information content (AvgIpc) is 2.71. The highest BCUT2D eigenvalue weighted by Crippen LogP contribution is 2.30. The van der Waals surface area contributed by atoms with Crippen LogP contribution in [0.1, 0.15) is 16.1 Å². The number of halogens is 2. The predicted molar refractivity (Wildman–Crippen MR) is 79.2 cm³/mol. The SMILES string of the molecule is Cc1nc(SCc2ccc(F)c(Cl)c2)sc1CC(=O)O. The molecule has 0 aliphatic heterocycles. The number of aliphatic carboxylic acids is 1. The molecule has 0 atom stereocenters. The molecule has 1 aromatic heterocycles. The molecule has 20 heavy (non-hydrogen) atoms. The maximum atomic E-state index is 13.0. The zero-order valence-corrected chi connectivity index (χ0v) is 12.9. The lowest BCUT2D eigenvalue weighted by Crippen LogP contribution is -1.99. The number of aryl methyl sites for hydroxylation is 1. The molecule has 0 radical (unpaired) electrons. The zero-order chi connectivity index (χ0) is 14.7. The van der Waals surface area contributed by atoms with Crippen molar-refractivity contribution in [2.24, 2.45) is 0 Å². The largest absolute Gasteiger partial charge is 0.481 e. The summed E-state index contributed by atoms with van der Waals surface area (Å²) in [4.78, 5) is 15.8. The van der Waals surface area contributed by atoms with Crippen molar-refractivity contribution in [1.82, 2.24) is 4.98 Å². The number of aromatic nitrogens is 1. The summed E-state index contributed by atoms with van der Waals surface area (Å²) in [6, 6.07) is 4.59. The van der Waals surface area contributed by atoms with Gasteiger partial charge in [0.25, 0.3) is 0 Å². The van der Waals surface area contributed by atoms with E-state index in [0.717, 1.165) is 20.5 Å². The summed E-state index contributed by atoms with van der Waals surface area (Å²) in [6.45, 7) is 1.80. The van der Waals surface area contributed by atoms with Crippen LogP contribution in [-0.4, -0.2) is 16.1 Å². The van der Waals surface area contributed by atoms with E-state index in [1.807, 2.05) is 0 Å². The van der Waals surface area contributed by atoms with Crippen LogP contribution in [0.15, 0.2) is 22.5 Å². The first-order valence-corrected chi connectivity index (χ1v) is 7.88. The van der Waals surface area contributed by atoms with E-state index in [9.17, 15) is 9.18 Å². The van der Waals surface area contributed by atoms with Gasteiger partial charge in [0.05, 0.1) is 17.1 Å². The van der Waals surface area contributed by atoms with E-state index in [0.29, 0.717) is 5.75 Å². The Balaban J connectivity index is 2.03. The number of thiazole rings is 1. The van der Waals surface area contributed by atoms with E-state index in [2.05, 4.69) is 4.98 Å². The van der Waals surface area contributed by atoms with Crippen LogP contribution in [0.5, 0.6) is 0 Å². The Hall–Kier alpha value is -1.11. The van der Waals surface area contributed by atoms with Crippen LogP contribution in [0.4, 0.5) is 4.39 Å². The number of hydrogen-bond donors (Lipinski definition) is 1. The van der Waals surface area contributed by atoms with Crippen LogP contribution in [0.3, 0.4) is 0 Å². The molecule has 0 aliphatic rings. The maximum absolute atomic E-state index is 13.0. The van der Waals surface area contributed by atoms with E-state index >= 15 is 0 Å². The Kier molecular flexibility index (Phi) is 5.01. The molecule has 1 heterocycles. The molecule has 0 bridgehead atoms. The molecule has 106 valence electrons. The Morgan fingerprint density at radius 3 is 2.95 bits per heavy atom. The minimum absolute atomic E-state index is 0.00750. The number of nitrogens with zero attached hydrogens (tertiary/aromatic N) is 1. The van der Waals surface area contributed by atoms with E-state index in [1.165, 1.54) is 29.2 Å². The molecule has 1 aromatic carbocycles. The number of benzene rings is 1. The van der Waals surface area contributed by atoms with E-state index < -0.39 is 11.8 Å². The van der Waals surface area contributed by atoms with Gasteiger partial charge >= 0.3 is 5.97 Å². The highest BCUT2D eigenvalue weighted by atomic mass is 35.5. The third-order valence-electron chi connectivity index (χ3n) is 2.53. The second kappa shape index (κ2) is 6.56. The summed E-state index contributed by atoms with van der Waals surface area (Å²) in [5, 5.41) is 8.89. The van der Waals surface area contributed by atoms with Crippen LogP contribution in [0.25, 0.3) is 0 Å². The minimum atomic E-state index is -0.862. The molecular weight excluding hydrogens is 321 g/mol. The number of carboxylic acids is 1. The van der Waals surface area contributed by atoms with Gasteiger partial charge in [-0.2, -0.15) is 0 Å². The molecule has 1 N–H and O–H groups in total. The molecule has 7 heteroatoms. The van der Waals surface area contributed by atoms with Gasteiger partial charge in [-0.3, -0.25) is 4.79 Å². The first kappa shape index (κ1) is 15.3. The van der Waals surface area contributed by atoms with Gasteiger partial charge in [-0.05, 0) is 24.6 Å². The molecule has 3 nitrogen and oxygen atoms in total.